The molecule has 2 unspecified atom stereocenters. The van der Waals surface area contributed by atoms with Gasteiger partial charge in [0, 0.05) is 18.7 Å². The van der Waals surface area contributed by atoms with E-state index in [1.807, 2.05) is 38.4 Å². The SMILES string of the molecule is CCC(Cc1ccc(CC(C)C)cc1)(C(=O)c1ccc(C2CNCCO2)cc1)N(C)C. The molecule has 4 heteroatoms. The van der Waals surface area contributed by atoms with Crippen molar-refractivity contribution in [2.24, 2.45) is 5.92 Å². The van der Waals surface area contributed by atoms with Gasteiger partial charge in [0.25, 0.3) is 0 Å². The summed E-state index contributed by atoms with van der Waals surface area (Å²) in [6.45, 7) is 9.03. The Morgan fingerprint density at radius 1 is 1.10 bits per heavy atom. The average molecular weight is 423 g/mol. The summed E-state index contributed by atoms with van der Waals surface area (Å²) in [7, 11) is 4.04. The summed E-state index contributed by atoms with van der Waals surface area (Å²) in [5.74, 6) is 0.821. The van der Waals surface area contributed by atoms with Gasteiger partial charge in [-0.2, -0.15) is 0 Å². The molecule has 0 aromatic heterocycles. The number of carbonyl (C=O) groups excluding carboxylic acids is 1. The smallest absolute Gasteiger partial charge is 0.183 e. The second-order valence-corrected chi connectivity index (χ2v) is 9.39. The van der Waals surface area contributed by atoms with E-state index in [4.69, 9.17) is 4.74 Å². The number of rotatable bonds is 9. The first-order valence-electron chi connectivity index (χ1n) is 11.6. The largest absolute Gasteiger partial charge is 0.371 e. The monoisotopic (exact) mass is 422 g/mol. The second-order valence-electron chi connectivity index (χ2n) is 9.39. The molecule has 1 aliphatic rings. The molecule has 2 aromatic carbocycles. The Labute approximate surface area is 188 Å². The Kier molecular flexibility index (Phi) is 8.04. The maximum Gasteiger partial charge on any atom is 0.183 e. The first-order chi connectivity index (χ1) is 14.9. The fourth-order valence-corrected chi connectivity index (χ4v) is 4.54. The van der Waals surface area contributed by atoms with Crippen LogP contribution < -0.4 is 5.32 Å². The first-order valence-corrected chi connectivity index (χ1v) is 11.6. The predicted octanol–water partition coefficient (Wildman–Crippen LogP) is 4.68. The standard InChI is InChI=1S/C27H38N2O2/c1-6-27(29(4)5,18-22-9-7-21(8-10-22)17-20(2)3)26(30)24-13-11-23(12-14-24)25-19-28-15-16-31-25/h7-14,20,25,28H,6,15-19H2,1-5H3. The van der Waals surface area contributed by atoms with Crippen LogP contribution in [0.15, 0.2) is 48.5 Å². The van der Waals surface area contributed by atoms with Gasteiger partial charge in [0.15, 0.2) is 5.78 Å². The molecule has 0 spiro atoms. The summed E-state index contributed by atoms with van der Waals surface area (Å²) in [5, 5.41) is 3.36. The molecule has 2 aromatic rings. The zero-order valence-corrected chi connectivity index (χ0v) is 19.8. The van der Waals surface area contributed by atoms with Crippen LogP contribution in [0.1, 0.15) is 60.3 Å². The minimum atomic E-state index is -0.566. The van der Waals surface area contributed by atoms with Gasteiger partial charge in [0.05, 0.1) is 18.2 Å². The topological polar surface area (TPSA) is 41.6 Å². The Balaban J connectivity index is 1.81. The average Bonchev–Trinajstić information content (AvgIpc) is 2.78. The van der Waals surface area contributed by atoms with Crippen molar-refractivity contribution in [2.45, 2.75) is 51.7 Å². The maximum atomic E-state index is 13.8. The highest BCUT2D eigenvalue weighted by molar-refractivity contribution is 6.03. The van der Waals surface area contributed by atoms with Crippen LogP contribution in [0, 0.1) is 5.92 Å². The second kappa shape index (κ2) is 10.5. The Bertz CT molecular complexity index is 837. The lowest BCUT2D eigenvalue weighted by atomic mass is 9.80. The summed E-state index contributed by atoms with van der Waals surface area (Å²) < 4.78 is 5.85. The van der Waals surface area contributed by atoms with E-state index in [1.165, 1.54) is 11.1 Å². The molecule has 168 valence electrons. The van der Waals surface area contributed by atoms with E-state index >= 15 is 0 Å². The number of Topliss-reactive ketones (excluding diaryl/α,β-unsaturated/α-hetero) is 1. The Morgan fingerprint density at radius 3 is 2.26 bits per heavy atom. The third-order valence-electron chi connectivity index (χ3n) is 6.50. The molecule has 0 amide bonds. The molecule has 1 N–H and O–H groups in total. The number of hydrogen-bond donors (Lipinski definition) is 1. The van der Waals surface area contributed by atoms with E-state index in [1.54, 1.807) is 0 Å². The third kappa shape index (κ3) is 5.62. The number of ketones is 1. The van der Waals surface area contributed by atoms with E-state index in [0.29, 0.717) is 12.3 Å². The fourth-order valence-electron chi connectivity index (χ4n) is 4.54. The van der Waals surface area contributed by atoms with Crippen LogP contribution in [0.2, 0.25) is 0 Å². The van der Waals surface area contributed by atoms with Gasteiger partial charge in [0.2, 0.25) is 0 Å². The molecule has 2 atom stereocenters. The van der Waals surface area contributed by atoms with Gasteiger partial charge in [-0.1, -0.05) is 69.3 Å². The number of nitrogens with one attached hydrogen (secondary N) is 1. The van der Waals surface area contributed by atoms with Crippen LogP contribution in [0.5, 0.6) is 0 Å². The molecule has 31 heavy (non-hydrogen) atoms. The van der Waals surface area contributed by atoms with Gasteiger partial charge in [-0.15, -0.1) is 0 Å². The normalized spacial score (nSPS) is 18.9. The van der Waals surface area contributed by atoms with Crippen LogP contribution in [0.3, 0.4) is 0 Å². The molecule has 1 fully saturated rings. The highest BCUT2D eigenvalue weighted by Crippen LogP contribution is 2.29. The molecular formula is C27H38N2O2. The van der Waals surface area contributed by atoms with E-state index in [0.717, 1.165) is 43.7 Å². The van der Waals surface area contributed by atoms with E-state index in [2.05, 4.69) is 55.3 Å². The molecule has 3 rings (SSSR count). The summed E-state index contributed by atoms with van der Waals surface area (Å²) in [4.78, 5) is 15.9. The van der Waals surface area contributed by atoms with Crippen molar-refractivity contribution in [3.8, 4) is 0 Å². The van der Waals surface area contributed by atoms with Gasteiger partial charge in [-0.3, -0.25) is 9.69 Å². The van der Waals surface area contributed by atoms with Crippen molar-refractivity contribution in [3.63, 3.8) is 0 Å². The molecule has 4 nitrogen and oxygen atoms in total. The number of ether oxygens (including phenoxy) is 1. The molecule has 1 heterocycles. The fraction of sp³-hybridized carbons (Fsp3) is 0.519. The molecule has 1 aliphatic heterocycles. The van der Waals surface area contributed by atoms with Gasteiger partial charge in [-0.25, -0.2) is 0 Å². The van der Waals surface area contributed by atoms with Crippen molar-refractivity contribution in [1.82, 2.24) is 10.2 Å². The first kappa shape index (κ1) is 23.6. The number of likely N-dealkylation sites (N-methyl/N-ethyl adjacent to an activating group) is 1. The van der Waals surface area contributed by atoms with Crippen LogP contribution in [-0.2, 0) is 17.6 Å². The van der Waals surface area contributed by atoms with Crippen LogP contribution >= 0.6 is 0 Å². The lowest BCUT2D eigenvalue weighted by Gasteiger charge is -2.38. The number of nitrogens with zero attached hydrogens (tertiary/aromatic N) is 1. The Morgan fingerprint density at radius 2 is 1.74 bits per heavy atom. The summed E-state index contributed by atoms with van der Waals surface area (Å²) in [6.07, 6.45) is 2.60. The summed E-state index contributed by atoms with van der Waals surface area (Å²) in [5.41, 5.74) is 3.88. The van der Waals surface area contributed by atoms with Crippen molar-refractivity contribution in [3.05, 3.63) is 70.8 Å². The third-order valence-corrected chi connectivity index (χ3v) is 6.50. The van der Waals surface area contributed by atoms with E-state index in [9.17, 15) is 4.79 Å². The molecule has 0 radical (unpaired) electrons. The van der Waals surface area contributed by atoms with Gasteiger partial charge in [-0.05, 0) is 56.0 Å². The van der Waals surface area contributed by atoms with Crippen molar-refractivity contribution < 1.29 is 9.53 Å². The molecule has 0 saturated carbocycles. The van der Waals surface area contributed by atoms with E-state index in [-0.39, 0.29) is 11.9 Å². The Hall–Kier alpha value is -2.01. The maximum absolute atomic E-state index is 13.8. The molecule has 0 aliphatic carbocycles. The predicted molar refractivity (Wildman–Crippen MR) is 128 cm³/mol. The minimum absolute atomic E-state index is 0.0621. The lowest BCUT2D eigenvalue weighted by Crippen LogP contribution is -2.52. The number of hydrogen-bond acceptors (Lipinski definition) is 4. The number of carbonyl (C=O) groups is 1. The van der Waals surface area contributed by atoms with Gasteiger partial charge < -0.3 is 10.1 Å². The van der Waals surface area contributed by atoms with E-state index < -0.39 is 5.54 Å². The van der Waals surface area contributed by atoms with Crippen LogP contribution in [0.25, 0.3) is 0 Å². The highest BCUT2D eigenvalue weighted by atomic mass is 16.5. The summed E-state index contributed by atoms with van der Waals surface area (Å²) >= 11 is 0. The van der Waals surface area contributed by atoms with Gasteiger partial charge >= 0.3 is 0 Å². The molecule has 0 bridgehead atoms. The zero-order chi connectivity index (χ0) is 22.4. The van der Waals surface area contributed by atoms with Crippen LogP contribution in [0.4, 0.5) is 0 Å². The lowest BCUT2D eigenvalue weighted by molar-refractivity contribution is 0.0277. The quantitative estimate of drug-likeness (QED) is 0.596. The number of benzene rings is 2. The molecular weight excluding hydrogens is 384 g/mol. The van der Waals surface area contributed by atoms with Crippen molar-refractivity contribution in [2.75, 3.05) is 33.8 Å². The summed E-state index contributed by atoms with van der Waals surface area (Å²) in [6, 6.07) is 16.8. The van der Waals surface area contributed by atoms with Crippen LogP contribution in [-0.4, -0.2) is 50.0 Å². The zero-order valence-electron chi connectivity index (χ0n) is 19.8. The minimum Gasteiger partial charge on any atom is -0.371 e. The van der Waals surface area contributed by atoms with Crippen molar-refractivity contribution in [1.29, 1.82) is 0 Å². The number of morpholine rings is 1. The molecule has 1 saturated heterocycles. The highest BCUT2D eigenvalue weighted by Gasteiger charge is 2.39. The van der Waals surface area contributed by atoms with Gasteiger partial charge in [0.1, 0.15) is 0 Å². The van der Waals surface area contributed by atoms with Crippen molar-refractivity contribution >= 4 is 5.78 Å².